The number of halogens is 1. The van der Waals surface area contributed by atoms with Gasteiger partial charge < -0.3 is 9.53 Å². The third kappa shape index (κ3) is 18.3. The van der Waals surface area contributed by atoms with Crippen LogP contribution in [0.5, 0.6) is 5.75 Å². The summed E-state index contributed by atoms with van der Waals surface area (Å²) in [6.45, 7) is 12.3. The quantitative estimate of drug-likeness (QED) is 0.568. The van der Waals surface area contributed by atoms with E-state index in [2.05, 4.69) is 13.8 Å². The van der Waals surface area contributed by atoms with E-state index >= 15 is 0 Å². The lowest BCUT2D eigenvalue weighted by Crippen LogP contribution is -2.06. The molecule has 3 nitrogen and oxygen atoms in total. The van der Waals surface area contributed by atoms with Crippen molar-refractivity contribution < 1.29 is 18.7 Å². The third-order valence-corrected chi connectivity index (χ3v) is 2.00. The summed E-state index contributed by atoms with van der Waals surface area (Å²) in [5, 5.41) is 0. The number of hydrogen-bond donors (Lipinski definition) is 0. The second-order valence-electron chi connectivity index (χ2n) is 3.68. The van der Waals surface area contributed by atoms with Gasteiger partial charge >= 0.3 is 5.97 Å². The Balaban J connectivity index is -0.000000343. The van der Waals surface area contributed by atoms with E-state index in [1.165, 1.54) is 37.1 Å². The number of benzene rings is 1. The average molecular weight is 300 g/mol. The van der Waals surface area contributed by atoms with Crippen molar-refractivity contribution >= 4 is 12.8 Å². The van der Waals surface area contributed by atoms with E-state index in [-0.39, 0.29) is 11.8 Å². The molecule has 1 rings (SSSR count). The number of rotatable bonds is 4. The molecule has 0 saturated heterocycles. The molecule has 0 amide bonds. The van der Waals surface area contributed by atoms with Gasteiger partial charge in [0, 0.05) is 6.42 Å². The van der Waals surface area contributed by atoms with Crippen molar-refractivity contribution in [3.63, 3.8) is 0 Å². The standard InChI is InChI=1S/C10H11FO2.C4H10.C2H6.CH2O/c1-2-3-10(12)13-9-6-4-8(11)5-7-9;1-3-4-2;2*1-2/h4-7H,2-3H2,1H3;3-4H2,1-2H3;1-2H3;1H2. The predicted octanol–water partition coefficient (Wildman–Crippen LogP) is 5.18. The van der Waals surface area contributed by atoms with E-state index in [9.17, 15) is 9.18 Å². The van der Waals surface area contributed by atoms with Gasteiger partial charge in [-0.2, -0.15) is 0 Å². The maximum Gasteiger partial charge on any atom is 0.311 e. The molecule has 21 heavy (non-hydrogen) atoms. The Bertz CT molecular complexity index is 321. The minimum absolute atomic E-state index is 0.283. The topological polar surface area (TPSA) is 43.4 Å². The second kappa shape index (κ2) is 20.6. The van der Waals surface area contributed by atoms with Gasteiger partial charge in [0.15, 0.2) is 0 Å². The van der Waals surface area contributed by atoms with Crippen molar-refractivity contribution in [2.45, 2.75) is 60.3 Å². The van der Waals surface area contributed by atoms with E-state index in [1.54, 1.807) is 0 Å². The number of carbonyl (C=O) groups is 2. The highest BCUT2D eigenvalue weighted by molar-refractivity contribution is 5.72. The molecule has 0 aliphatic heterocycles. The summed E-state index contributed by atoms with van der Waals surface area (Å²) in [7, 11) is 0. The van der Waals surface area contributed by atoms with Crippen molar-refractivity contribution in [1.29, 1.82) is 0 Å². The van der Waals surface area contributed by atoms with Crippen LogP contribution in [0.3, 0.4) is 0 Å². The second-order valence-corrected chi connectivity index (χ2v) is 3.68. The smallest absolute Gasteiger partial charge is 0.311 e. The van der Waals surface area contributed by atoms with Gasteiger partial charge in [-0.25, -0.2) is 4.39 Å². The summed E-state index contributed by atoms with van der Waals surface area (Å²) >= 11 is 0. The normalized spacial score (nSPS) is 7.90. The lowest BCUT2D eigenvalue weighted by molar-refractivity contribution is -0.134. The van der Waals surface area contributed by atoms with Crippen LogP contribution in [0.1, 0.15) is 60.3 Å². The van der Waals surface area contributed by atoms with Gasteiger partial charge in [0.2, 0.25) is 0 Å². The highest BCUT2D eigenvalue weighted by atomic mass is 19.1. The zero-order valence-electron chi connectivity index (χ0n) is 13.9. The fourth-order valence-electron chi connectivity index (χ4n) is 0.889. The SMILES string of the molecule is C=O.CC.CCCC.CCCC(=O)Oc1ccc(F)cc1. The molecule has 0 saturated carbocycles. The van der Waals surface area contributed by atoms with E-state index in [0.717, 1.165) is 6.42 Å². The summed E-state index contributed by atoms with van der Waals surface area (Å²) in [6, 6.07) is 5.38. The number of unbranched alkanes of at least 4 members (excludes halogenated alkanes) is 1. The lowest BCUT2D eigenvalue weighted by atomic mass is 10.3. The Morgan fingerprint density at radius 2 is 1.43 bits per heavy atom. The van der Waals surface area contributed by atoms with Crippen molar-refractivity contribution in [1.82, 2.24) is 0 Å². The minimum Gasteiger partial charge on any atom is -0.427 e. The van der Waals surface area contributed by atoms with Crippen LogP contribution in [0.25, 0.3) is 0 Å². The van der Waals surface area contributed by atoms with Gasteiger partial charge in [0.05, 0.1) is 0 Å². The Kier molecular flexibility index (Phi) is 23.9. The van der Waals surface area contributed by atoms with Crippen molar-refractivity contribution in [3.05, 3.63) is 30.1 Å². The van der Waals surface area contributed by atoms with E-state index < -0.39 is 0 Å². The first kappa shape index (κ1) is 24.3. The zero-order chi connectivity index (χ0) is 17.1. The Labute approximate surface area is 128 Å². The summed E-state index contributed by atoms with van der Waals surface area (Å²) in [5.74, 6) is -0.232. The molecule has 122 valence electrons. The lowest BCUT2D eigenvalue weighted by Gasteiger charge is -2.01. The van der Waals surface area contributed by atoms with Gasteiger partial charge in [0.1, 0.15) is 18.4 Å². The first-order valence-corrected chi connectivity index (χ1v) is 7.39. The van der Waals surface area contributed by atoms with Crippen molar-refractivity contribution in [2.24, 2.45) is 0 Å². The highest BCUT2D eigenvalue weighted by Crippen LogP contribution is 2.11. The molecular formula is C17H29FO3. The van der Waals surface area contributed by atoms with Gasteiger partial charge in [0.25, 0.3) is 0 Å². The van der Waals surface area contributed by atoms with Gasteiger partial charge in [-0.1, -0.05) is 47.5 Å². The van der Waals surface area contributed by atoms with Gasteiger partial charge in [-0.05, 0) is 30.7 Å². The summed E-state index contributed by atoms with van der Waals surface area (Å²) in [5.41, 5.74) is 0. The number of esters is 1. The molecule has 0 spiro atoms. The molecule has 0 aromatic heterocycles. The number of carbonyl (C=O) groups excluding carboxylic acids is 2. The molecule has 4 heteroatoms. The summed E-state index contributed by atoms with van der Waals surface area (Å²) in [4.78, 5) is 19.0. The van der Waals surface area contributed by atoms with E-state index in [0.29, 0.717) is 12.2 Å². The first-order chi connectivity index (χ1) is 10.1. The molecule has 1 aromatic rings. The van der Waals surface area contributed by atoms with Crippen LogP contribution in [0.4, 0.5) is 4.39 Å². The van der Waals surface area contributed by atoms with Crippen LogP contribution < -0.4 is 4.74 Å². The largest absolute Gasteiger partial charge is 0.427 e. The third-order valence-electron chi connectivity index (χ3n) is 2.00. The maximum absolute atomic E-state index is 12.4. The van der Waals surface area contributed by atoms with Crippen molar-refractivity contribution in [2.75, 3.05) is 0 Å². The van der Waals surface area contributed by atoms with Crippen molar-refractivity contribution in [3.8, 4) is 5.75 Å². The monoisotopic (exact) mass is 300 g/mol. The first-order valence-electron chi connectivity index (χ1n) is 7.39. The molecule has 0 atom stereocenters. The fraction of sp³-hybridized carbons (Fsp3) is 0.529. The molecular weight excluding hydrogens is 271 g/mol. The van der Waals surface area contributed by atoms with Gasteiger partial charge in [-0.3, -0.25) is 4.79 Å². The molecule has 0 heterocycles. The van der Waals surface area contributed by atoms with Crippen LogP contribution in [-0.4, -0.2) is 12.8 Å². The zero-order valence-corrected chi connectivity index (χ0v) is 13.9. The van der Waals surface area contributed by atoms with Crippen LogP contribution >= 0.6 is 0 Å². The van der Waals surface area contributed by atoms with Crippen LogP contribution in [0.15, 0.2) is 24.3 Å². The van der Waals surface area contributed by atoms with Crippen LogP contribution in [0, 0.1) is 5.82 Å². The molecule has 0 N–H and O–H groups in total. The Morgan fingerprint density at radius 3 is 1.76 bits per heavy atom. The van der Waals surface area contributed by atoms with E-state index in [4.69, 9.17) is 9.53 Å². The van der Waals surface area contributed by atoms with Crippen LogP contribution in [-0.2, 0) is 9.59 Å². The number of ether oxygens (including phenoxy) is 1. The van der Waals surface area contributed by atoms with Crippen LogP contribution in [0.2, 0.25) is 0 Å². The fourth-order valence-corrected chi connectivity index (χ4v) is 0.889. The molecule has 0 fully saturated rings. The molecule has 1 aromatic carbocycles. The predicted molar refractivity (Wildman–Crippen MR) is 86.0 cm³/mol. The minimum atomic E-state index is -0.338. The Hall–Kier alpha value is -1.71. The maximum atomic E-state index is 12.4. The molecule has 0 radical (unpaired) electrons. The van der Waals surface area contributed by atoms with Gasteiger partial charge in [-0.15, -0.1) is 0 Å². The number of hydrogen-bond acceptors (Lipinski definition) is 3. The molecule has 0 bridgehead atoms. The molecule has 0 aliphatic carbocycles. The highest BCUT2D eigenvalue weighted by Gasteiger charge is 2.02. The Morgan fingerprint density at radius 1 is 1.00 bits per heavy atom. The summed E-state index contributed by atoms with van der Waals surface area (Å²) < 4.78 is 17.3. The summed E-state index contributed by atoms with van der Waals surface area (Å²) in [6.07, 6.45) is 3.78. The average Bonchev–Trinajstić information content (AvgIpc) is 2.54. The van der Waals surface area contributed by atoms with E-state index in [1.807, 2.05) is 27.6 Å². The molecule has 0 aliphatic rings. The molecule has 0 unspecified atom stereocenters.